The van der Waals surface area contributed by atoms with Crippen LogP contribution in [0.5, 0.6) is 0 Å². The van der Waals surface area contributed by atoms with Crippen LogP contribution in [-0.4, -0.2) is 10.9 Å². The molecule has 0 atom stereocenters. The Bertz CT molecular complexity index is 744. The molecular weight excluding hydrogens is 338 g/mol. The summed E-state index contributed by atoms with van der Waals surface area (Å²) in [4.78, 5) is 0.377. The highest BCUT2D eigenvalue weighted by Gasteiger charge is 2.05. The van der Waals surface area contributed by atoms with Crippen molar-refractivity contribution in [3.8, 4) is 11.3 Å². The van der Waals surface area contributed by atoms with Crippen LogP contribution in [0.25, 0.3) is 11.3 Å². The number of aromatic nitrogens is 1. The first-order chi connectivity index (χ1) is 9.34. The largest absolute Gasteiger partial charge is 0.463 e. The van der Waals surface area contributed by atoms with Gasteiger partial charge in [0.1, 0.15) is 5.76 Å². The molecule has 0 aliphatic heterocycles. The summed E-state index contributed by atoms with van der Waals surface area (Å²) in [5.41, 5.74) is 1.94. The highest BCUT2D eigenvalue weighted by atomic mass is 79.9. The average Bonchev–Trinajstić information content (AvgIpc) is 3.07. The number of thiazole rings is 1. The summed E-state index contributed by atoms with van der Waals surface area (Å²) >= 11 is 1.35. The average molecular weight is 350 g/mol. The first-order valence-electron chi connectivity index (χ1n) is 5.73. The van der Waals surface area contributed by atoms with Crippen molar-refractivity contribution < 1.29 is 4.42 Å². The third-order valence-electron chi connectivity index (χ3n) is 2.62. The molecule has 2 heterocycles. The normalized spacial score (nSPS) is 10.6. The maximum Gasteiger partial charge on any atom is 0.203 e. The molecule has 0 spiro atoms. The summed E-state index contributed by atoms with van der Waals surface area (Å²) in [6.07, 6.45) is 3.20. The number of nitrogens with zero attached hydrogens (tertiary/aromatic N) is 2. The number of hydrogen-bond acceptors (Lipinski definition) is 4. The molecule has 2 aromatic heterocycles. The van der Waals surface area contributed by atoms with E-state index in [-0.39, 0.29) is 17.0 Å². The van der Waals surface area contributed by atoms with Gasteiger partial charge in [0, 0.05) is 10.9 Å². The summed E-state index contributed by atoms with van der Waals surface area (Å²) in [5, 5.41) is 14.1. The lowest BCUT2D eigenvalue weighted by atomic mass is 10.2. The topological polar surface area (TPSA) is 54.3 Å². The molecular formula is C14H12BrN3OS. The van der Waals surface area contributed by atoms with Gasteiger partial charge >= 0.3 is 0 Å². The molecule has 0 aliphatic carbocycles. The van der Waals surface area contributed by atoms with Crippen LogP contribution in [0.4, 0.5) is 0 Å². The zero-order chi connectivity index (χ0) is 13.1. The second-order valence-electron chi connectivity index (χ2n) is 3.86. The number of halogens is 1. The minimum atomic E-state index is 0. The zero-order valence-corrected chi connectivity index (χ0v) is 12.9. The lowest BCUT2D eigenvalue weighted by molar-refractivity contribution is 0.559. The standard InChI is InChI=1S/C14H11N3OS.BrH/c15-14-17(16-9-12-7-4-8-18-12)13(10-19-14)11-5-2-1-3-6-11;/h1-10,15H;1H/b15-14?,16-9+;. The van der Waals surface area contributed by atoms with Crippen LogP contribution < -0.4 is 4.80 Å². The van der Waals surface area contributed by atoms with E-state index < -0.39 is 0 Å². The number of benzene rings is 1. The summed E-state index contributed by atoms with van der Waals surface area (Å²) in [6.45, 7) is 0. The molecule has 0 amide bonds. The Kier molecular flexibility index (Phi) is 4.70. The van der Waals surface area contributed by atoms with Gasteiger partial charge < -0.3 is 4.42 Å². The fraction of sp³-hybridized carbons (Fsp3) is 0. The smallest absolute Gasteiger partial charge is 0.203 e. The summed E-state index contributed by atoms with van der Waals surface area (Å²) in [6, 6.07) is 13.5. The van der Waals surface area contributed by atoms with Gasteiger partial charge in [-0.25, -0.2) is 4.68 Å². The number of hydrogen-bond donors (Lipinski definition) is 1. The van der Waals surface area contributed by atoms with Gasteiger partial charge in [-0.2, -0.15) is 5.10 Å². The second-order valence-corrected chi connectivity index (χ2v) is 4.72. The van der Waals surface area contributed by atoms with Gasteiger partial charge in [0.15, 0.2) is 0 Å². The van der Waals surface area contributed by atoms with Crippen molar-refractivity contribution in [3.05, 3.63) is 64.7 Å². The molecule has 0 unspecified atom stereocenters. The van der Waals surface area contributed by atoms with E-state index in [1.165, 1.54) is 11.3 Å². The molecule has 102 valence electrons. The quantitative estimate of drug-likeness (QED) is 0.719. The van der Waals surface area contributed by atoms with Crippen LogP contribution in [0.15, 0.2) is 63.6 Å². The molecule has 0 saturated heterocycles. The van der Waals surface area contributed by atoms with Gasteiger partial charge in [-0.15, -0.1) is 28.3 Å². The van der Waals surface area contributed by atoms with Gasteiger partial charge in [0.25, 0.3) is 0 Å². The maximum atomic E-state index is 7.91. The van der Waals surface area contributed by atoms with Gasteiger partial charge in [-0.1, -0.05) is 30.3 Å². The minimum Gasteiger partial charge on any atom is -0.463 e. The fourth-order valence-electron chi connectivity index (χ4n) is 1.71. The van der Waals surface area contributed by atoms with E-state index >= 15 is 0 Å². The predicted molar refractivity (Wildman–Crippen MR) is 85.6 cm³/mol. The maximum absolute atomic E-state index is 7.91. The van der Waals surface area contributed by atoms with Crippen LogP contribution in [-0.2, 0) is 0 Å². The molecule has 6 heteroatoms. The Morgan fingerprint density at radius 3 is 2.65 bits per heavy atom. The van der Waals surface area contributed by atoms with E-state index in [1.807, 2.05) is 41.8 Å². The van der Waals surface area contributed by atoms with E-state index in [4.69, 9.17) is 9.83 Å². The van der Waals surface area contributed by atoms with E-state index in [2.05, 4.69) is 5.10 Å². The zero-order valence-electron chi connectivity index (χ0n) is 10.4. The molecule has 20 heavy (non-hydrogen) atoms. The Morgan fingerprint density at radius 2 is 1.95 bits per heavy atom. The predicted octanol–water partition coefficient (Wildman–Crippen LogP) is 3.75. The van der Waals surface area contributed by atoms with Crippen LogP contribution in [0.3, 0.4) is 0 Å². The summed E-state index contributed by atoms with van der Waals surface area (Å²) < 4.78 is 6.80. The molecule has 0 fully saturated rings. The van der Waals surface area contributed by atoms with Crippen LogP contribution in [0.2, 0.25) is 0 Å². The highest BCUT2D eigenvalue weighted by Crippen LogP contribution is 2.19. The lowest BCUT2D eigenvalue weighted by Gasteiger charge is -2.01. The molecule has 0 saturated carbocycles. The molecule has 3 rings (SSSR count). The minimum absolute atomic E-state index is 0. The number of rotatable bonds is 3. The van der Waals surface area contributed by atoms with Crippen molar-refractivity contribution in [1.82, 2.24) is 4.68 Å². The monoisotopic (exact) mass is 349 g/mol. The lowest BCUT2D eigenvalue weighted by Crippen LogP contribution is -2.09. The van der Waals surface area contributed by atoms with E-state index in [0.717, 1.165) is 11.3 Å². The van der Waals surface area contributed by atoms with Crippen molar-refractivity contribution >= 4 is 34.5 Å². The van der Waals surface area contributed by atoms with Crippen molar-refractivity contribution in [2.24, 2.45) is 5.10 Å². The van der Waals surface area contributed by atoms with E-state index in [1.54, 1.807) is 23.2 Å². The first-order valence-corrected chi connectivity index (χ1v) is 6.61. The van der Waals surface area contributed by atoms with E-state index in [0.29, 0.717) is 10.6 Å². The SMILES string of the molecule is Br.N=c1scc(-c2ccccc2)n1/N=C/c1ccco1. The highest BCUT2D eigenvalue weighted by molar-refractivity contribution is 8.93. The van der Waals surface area contributed by atoms with Crippen molar-refractivity contribution in [2.75, 3.05) is 0 Å². The van der Waals surface area contributed by atoms with Gasteiger partial charge in [0.05, 0.1) is 18.2 Å². The summed E-state index contributed by atoms with van der Waals surface area (Å²) in [7, 11) is 0. The van der Waals surface area contributed by atoms with Crippen LogP contribution in [0, 0.1) is 5.41 Å². The Labute approximate surface area is 130 Å². The third kappa shape index (κ3) is 2.97. The Hall–Kier alpha value is -1.92. The molecule has 4 nitrogen and oxygen atoms in total. The van der Waals surface area contributed by atoms with Crippen LogP contribution >= 0.6 is 28.3 Å². The molecule has 0 aliphatic rings. The first kappa shape index (κ1) is 14.5. The van der Waals surface area contributed by atoms with Crippen molar-refractivity contribution in [1.29, 1.82) is 5.41 Å². The Balaban J connectivity index is 0.00000147. The Morgan fingerprint density at radius 1 is 1.15 bits per heavy atom. The van der Waals surface area contributed by atoms with Crippen molar-refractivity contribution in [2.45, 2.75) is 0 Å². The molecule has 0 radical (unpaired) electrons. The van der Waals surface area contributed by atoms with Gasteiger partial charge in [-0.3, -0.25) is 5.41 Å². The van der Waals surface area contributed by atoms with Gasteiger partial charge in [-0.05, 0) is 12.1 Å². The molecule has 1 aromatic carbocycles. The molecule has 1 N–H and O–H groups in total. The summed E-state index contributed by atoms with van der Waals surface area (Å²) in [5.74, 6) is 0.664. The van der Waals surface area contributed by atoms with Crippen LogP contribution in [0.1, 0.15) is 5.76 Å². The van der Waals surface area contributed by atoms with Gasteiger partial charge in [0.2, 0.25) is 4.80 Å². The number of furan rings is 1. The van der Waals surface area contributed by atoms with E-state index in [9.17, 15) is 0 Å². The third-order valence-corrected chi connectivity index (χ3v) is 3.35. The second kappa shape index (κ2) is 6.49. The molecule has 3 aromatic rings. The van der Waals surface area contributed by atoms with Crippen molar-refractivity contribution in [3.63, 3.8) is 0 Å². The number of nitrogens with one attached hydrogen (secondary N) is 1. The molecule has 0 bridgehead atoms. The fourth-order valence-corrected chi connectivity index (χ4v) is 2.42.